The van der Waals surface area contributed by atoms with Crippen molar-refractivity contribution in [3.05, 3.63) is 53.9 Å². The van der Waals surface area contributed by atoms with Crippen LogP contribution in [0.3, 0.4) is 0 Å². The van der Waals surface area contributed by atoms with Crippen molar-refractivity contribution in [2.45, 2.75) is 44.7 Å². The number of phenolic OH excluding ortho intramolecular Hbond substituents is 1. The molecule has 1 saturated heterocycles. The molecular weight excluding hydrogens is 440 g/mol. The molecule has 2 fully saturated rings. The van der Waals surface area contributed by atoms with Gasteiger partial charge in [0, 0.05) is 23.7 Å². The Balaban J connectivity index is 1.23. The predicted molar refractivity (Wildman–Crippen MR) is 133 cm³/mol. The van der Waals surface area contributed by atoms with E-state index in [4.69, 9.17) is 5.73 Å². The summed E-state index contributed by atoms with van der Waals surface area (Å²) in [7, 11) is 0. The highest BCUT2D eigenvalue weighted by atomic mass is 16.3. The highest BCUT2D eigenvalue weighted by Crippen LogP contribution is 2.35. The van der Waals surface area contributed by atoms with Crippen molar-refractivity contribution in [3.63, 3.8) is 0 Å². The van der Waals surface area contributed by atoms with E-state index in [1.807, 2.05) is 16.9 Å². The van der Waals surface area contributed by atoms with Crippen LogP contribution < -0.4 is 5.73 Å². The van der Waals surface area contributed by atoms with Crippen molar-refractivity contribution < 1.29 is 9.90 Å². The second kappa shape index (κ2) is 9.88. The first-order valence-corrected chi connectivity index (χ1v) is 12.2. The molecule has 1 aliphatic carbocycles. The number of para-hydroxylation sites is 1. The van der Waals surface area contributed by atoms with Gasteiger partial charge in [-0.25, -0.2) is 0 Å². The smallest absolute Gasteiger partial charge is 0.161 e. The van der Waals surface area contributed by atoms with Gasteiger partial charge in [-0.2, -0.15) is 5.10 Å². The third kappa shape index (κ3) is 4.91. The molecule has 3 aromatic rings. The SMILES string of the molecule is C[C@H](C1CCN(C2CC(C=O)C2)CC1)n1cc(C#Cc2cc(-c3ccccc3O)nnc2N)cn1. The van der Waals surface area contributed by atoms with Gasteiger partial charge in [-0.1, -0.05) is 24.0 Å². The van der Waals surface area contributed by atoms with E-state index in [1.165, 1.54) is 0 Å². The van der Waals surface area contributed by atoms with Crippen LogP contribution in [0.4, 0.5) is 5.82 Å². The number of aromatic nitrogens is 4. The zero-order chi connectivity index (χ0) is 24.4. The van der Waals surface area contributed by atoms with Crippen molar-refractivity contribution in [1.29, 1.82) is 0 Å². The molecule has 180 valence electrons. The predicted octanol–water partition coefficient (Wildman–Crippen LogP) is 3.28. The molecule has 0 bridgehead atoms. The number of anilines is 1. The molecule has 0 radical (unpaired) electrons. The second-order valence-electron chi connectivity index (χ2n) is 9.64. The number of carbonyl (C=O) groups is 1. The molecule has 0 spiro atoms. The second-order valence-corrected chi connectivity index (χ2v) is 9.64. The molecule has 8 nitrogen and oxygen atoms in total. The van der Waals surface area contributed by atoms with Gasteiger partial charge in [0.25, 0.3) is 0 Å². The Hall–Kier alpha value is -3.70. The molecular formula is C27H30N6O2. The van der Waals surface area contributed by atoms with Gasteiger partial charge in [-0.3, -0.25) is 4.68 Å². The maximum absolute atomic E-state index is 10.9. The van der Waals surface area contributed by atoms with Crippen molar-refractivity contribution in [2.75, 3.05) is 18.8 Å². The number of hydrogen-bond acceptors (Lipinski definition) is 7. The summed E-state index contributed by atoms with van der Waals surface area (Å²) in [4.78, 5) is 13.4. The standard InChI is InChI=1S/C27H30N6O2/c1-18(21-8-10-32(11-9-21)23-12-20(13-23)17-34)33-16-19(15-29-33)6-7-22-14-25(30-31-27(22)28)24-4-2-3-5-26(24)35/h2-5,14-18,20-21,23,35H,8-13H2,1H3,(H2,28,31)/t18-,20?,23?/m1/s1. The molecule has 35 heavy (non-hydrogen) atoms. The highest BCUT2D eigenvalue weighted by molar-refractivity contribution is 5.69. The number of rotatable bonds is 5. The van der Waals surface area contributed by atoms with Gasteiger partial charge in [-0.05, 0) is 69.8 Å². The number of piperidine rings is 1. The molecule has 8 heteroatoms. The number of aromatic hydroxyl groups is 1. The number of phenols is 1. The maximum Gasteiger partial charge on any atom is 0.161 e. The fraction of sp³-hybridized carbons (Fsp3) is 0.407. The molecule has 1 atom stereocenters. The lowest BCUT2D eigenvalue weighted by Crippen LogP contribution is -2.49. The fourth-order valence-electron chi connectivity index (χ4n) is 5.11. The number of carbonyl (C=O) groups excluding carboxylic acids is 1. The van der Waals surface area contributed by atoms with Crippen molar-refractivity contribution in [1.82, 2.24) is 24.9 Å². The van der Waals surface area contributed by atoms with E-state index in [0.29, 0.717) is 28.8 Å². The van der Waals surface area contributed by atoms with Crippen LogP contribution in [0.15, 0.2) is 42.7 Å². The molecule has 1 saturated carbocycles. The minimum Gasteiger partial charge on any atom is -0.507 e. The van der Waals surface area contributed by atoms with E-state index >= 15 is 0 Å². The quantitative estimate of drug-likeness (QED) is 0.435. The minimum absolute atomic E-state index is 0.129. The Bertz CT molecular complexity index is 1260. The topological polar surface area (TPSA) is 110 Å². The summed E-state index contributed by atoms with van der Waals surface area (Å²) in [6, 6.07) is 9.58. The van der Waals surface area contributed by atoms with Crippen molar-refractivity contribution in [2.24, 2.45) is 11.8 Å². The van der Waals surface area contributed by atoms with Crippen LogP contribution in [0, 0.1) is 23.7 Å². The lowest BCUT2D eigenvalue weighted by Gasteiger charge is -2.45. The molecule has 0 amide bonds. The summed E-state index contributed by atoms with van der Waals surface area (Å²) in [6.45, 7) is 4.40. The molecule has 3 N–H and O–H groups in total. The van der Waals surface area contributed by atoms with Gasteiger partial charge in [0.05, 0.1) is 29.1 Å². The van der Waals surface area contributed by atoms with Crippen molar-refractivity contribution >= 4 is 12.1 Å². The molecule has 5 rings (SSSR count). The van der Waals surface area contributed by atoms with Crippen LogP contribution in [-0.4, -0.2) is 55.4 Å². The summed E-state index contributed by atoms with van der Waals surface area (Å²) in [5, 5.41) is 22.8. The van der Waals surface area contributed by atoms with E-state index in [1.54, 1.807) is 30.5 Å². The van der Waals surface area contributed by atoms with Crippen LogP contribution in [0.5, 0.6) is 5.75 Å². The van der Waals surface area contributed by atoms with Crippen molar-refractivity contribution in [3.8, 4) is 28.8 Å². The van der Waals surface area contributed by atoms with Gasteiger partial charge in [0.2, 0.25) is 0 Å². The average Bonchev–Trinajstić information content (AvgIpc) is 3.32. The first-order valence-electron chi connectivity index (χ1n) is 12.2. The summed E-state index contributed by atoms with van der Waals surface area (Å²) >= 11 is 0. The van der Waals surface area contributed by atoms with E-state index in [2.05, 4.69) is 39.0 Å². The third-order valence-corrected chi connectivity index (χ3v) is 7.48. The molecule has 3 heterocycles. The first-order chi connectivity index (χ1) is 17.0. The van der Waals surface area contributed by atoms with Gasteiger partial charge >= 0.3 is 0 Å². The van der Waals surface area contributed by atoms with Crippen LogP contribution in [0.25, 0.3) is 11.3 Å². The van der Waals surface area contributed by atoms with Gasteiger partial charge in [-0.15, -0.1) is 10.2 Å². The number of hydrogen-bond donors (Lipinski definition) is 2. The summed E-state index contributed by atoms with van der Waals surface area (Å²) in [5.74, 6) is 7.44. The molecule has 2 aromatic heterocycles. The molecule has 0 unspecified atom stereocenters. The van der Waals surface area contributed by atoms with Crippen LogP contribution in [-0.2, 0) is 4.79 Å². The van der Waals surface area contributed by atoms with Gasteiger partial charge in [0.1, 0.15) is 12.0 Å². The highest BCUT2D eigenvalue weighted by Gasteiger charge is 2.36. The van der Waals surface area contributed by atoms with Gasteiger partial charge < -0.3 is 20.5 Å². The minimum atomic E-state index is 0.129. The third-order valence-electron chi connectivity index (χ3n) is 7.48. The van der Waals surface area contributed by atoms with E-state index in [0.717, 1.165) is 50.6 Å². The maximum atomic E-state index is 10.9. The average molecular weight is 471 g/mol. The zero-order valence-corrected chi connectivity index (χ0v) is 19.8. The Morgan fingerprint density at radius 1 is 1.17 bits per heavy atom. The zero-order valence-electron chi connectivity index (χ0n) is 19.8. The number of nitrogens with two attached hydrogens (primary N) is 1. The van der Waals surface area contributed by atoms with Gasteiger partial charge in [0.15, 0.2) is 5.82 Å². The monoisotopic (exact) mass is 470 g/mol. The number of nitrogens with zero attached hydrogens (tertiary/aromatic N) is 5. The lowest BCUT2D eigenvalue weighted by atomic mass is 9.78. The largest absolute Gasteiger partial charge is 0.507 e. The first kappa shape index (κ1) is 23.1. The van der Waals surface area contributed by atoms with E-state index < -0.39 is 0 Å². The van der Waals surface area contributed by atoms with E-state index in [9.17, 15) is 9.90 Å². The summed E-state index contributed by atoms with van der Waals surface area (Å²) in [5.41, 5.74) is 8.46. The van der Waals surface area contributed by atoms with Crippen LogP contribution in [0.1, 0.15) is 49.8 Å². The number of likely N-dealkylation sites (tertiary alicyclic amines) is 1. The molecule has 1 aromatic carbocycles. The Kier molecular flexibility index (Phi) is 6.51. The molecule has 2 aliphatic rings. The fourth-order valence-corrected chi connectivity index (χ4v) is 5.11. The lowest BCUT2D eigenvalue weighted by molar-refractivity contribution is -0.115. The Morgan fingerprint density at radius 3 is 2.69 bits per heavy atom. The number of aldehydes is 1. The Labute approximate surface area is 205 Å². The number of nitrogen functional groups attached to an aromatic ring is 1. The summed E-state index contributed by atoms with van der Waals surface area (Å²) in [6.07, 6.45) is 9.20. The van der Waals surface area contributed by atoms with Crippen LogP contribution >= 0.6 is 0 Å². The van der Waals surface area contributed by atoms with E-state index in [-0.39, 0.29) is 23.5 Å². The Morgan fingerprint density at radius 2 is 1.94 bits per heavy atom. The normalized spacial score (nSPS) is 21.5. The number of benzene rings is 1. The summed E-state index contributed by atoms with van der Waals surface area (Å²) < 4.78 is 2.01. The van der Waals surface area contributed by atoms with Crippen LogP contribution in [0.2, 0.25) is 0 Å². The molecule has 1 aliphatic heterocycles.